The predicted octanol–water partition coefficient (Wildman–Crippen LogP) is 0.608. The van der Waals surface area contributed by atoms with Crippen LogP contribution in [0, 0.1) is 11.8 Å². The molecule has 0 saturated heterocycles. The molecule has 0 aliphatic heterocycles. The quantitative estimate of drug-likeness (QED) is 0.0397. The first-order valence-electron chi connectivity index (χ1n) is 19.4. The first-order valence-corrected chi connectivity index (χ1v) is 19.4. The van der Waals surface area contributed by atoms with E-state index in [0.717, 1.165) is 26.2 Å². The molecule has 0 unspecified atom stereocenters. The predicted molar refractivity (Wildman–Crippen MR) is 208 cm³/mol. The van der Waals surface area contributed by atoms with Gasteiger partial charge in [-0.1, -0.05) is 19.9 Å². The zero-order chi connectivity index (χ0) is 44.4. The molecule has 328 valence electrons. The molecule has 0 aromatic rings. The highest BCUT2D eigenvalue weighted by atomic mass is 16.4. The lowest BCUT2D eigenvalue weighted by molar-refractivity contribution is -0.144. The van der Waals surface area contributed by atoms with Gasteiger partial charge in [-0.3, -0.25) is 33.6 Å². The van der Waals surface area contributed by atoms with Crippen molar-refractivity contribution in [2.45, 2.75) is 141 Å². The van der Waals surface area contributed by atoms with E-state index in [9.17, 15) is 63.3 Å². The van der Waals surface area contributed by atoms with Gasteiger partial charge in [-0.05, 0) is 71.1 Å². The third-order valence-corrected chi connectivity index (χ3v) is 9.29. The molecule has 0 aliphatic rings. The number of hydrogen-bond donors (Lipinski definition) is 10. The van der Waals surface area contributed by atoms with Gasteiger partial charge < -0.3 is 52.7 Å². The molecule has 0 spiro atoms. The number of amides is 4. The van der Waals surface area contributed by atoms with Gasteiger partial charge in [0.05, 0.1) is 12.0 Å². The first-order chi connectivity index (χ1) is 27.1. The lowest BCUT2D eigenvalue weighted by Gasteiger charge is -2.20. The molecule has 0 aliphatic carbocycles. The molecule has 20 nitrogen and oxygen atoms in total. The monoisotopic (exact) mass is 826 g/mol. The zero-order valence-corrected chi connectivity index (χ0v) is 33.6. The van der Waals surface area contributed by atoms with Crippen LogP contribution in [0.25, 0.3) is 0 Å². The summed E-state index contributed by atoms with van der Waals surface area (Å²) in [4.78, 5) is 119. The highest BCUT2D eigenvalue weighted by Gasteiger charge is 2.26. The summed E-state index contributed by atoms with van der Waals surface area (Å²) in [6.07, 6.45) is 1.41. The topological polar surface area (TPSA) is 338 Å². The van der Waals surface area contributed by atoms with Gasteiger partial charge in [-0.2, -0.15) is 0 Å². The van der Waals surface area contributed by atoms with E-state index in [4.69, 9.17) is 10.8 Å². The number of carboxylic acid groups (broad SMARTS) is 4. The minimum absolute atomic E-state index is 0.00736. The van der Waals surface area contributed by atoms with Crippen molar-refractivity contribution in [3.8, 4) is 0 Å². The van der Waals surface area contributed by atoms with Crippen LogP contribution in [0.15, 0.2) is 12.3 Å². The molecule has 0 aromatic carbocycles. The molecule has 11 N–H and O–H groups in total. The second-order valence-corrected chi connectivity index (χ2v) is 14.4. The number of unbranched alkanes of at least 4 members (excludes halogenated alkanes) is 2. The van der Waals surface area contributed by atoms with Crippen molar-refractivity contribution in [2.24, 2.45) is 17.6 Å². The lowest BCUT2D eigenvalue weighted by atomic mass is 9.94. The average Bonchev–Trinajstić information content (AvgIpc) is 3.13. The average molecular weight is 827 g/mol. The summed E-state index contributed by atoms with van der Waals surface area (Å²) in [5.41, 5.74) is 6.03. The maximum Gasteiger partial charge on any atom is 0.326 e. The molecule has 4 amide bonds. The summed E-state index contributed by atoms with van der Waals surface area (Å²) in [6.45, 7) is 8.95. The minimum Gasteiger partial charge on any atom is -0.481 e. The Hall–Kier alpha value is -5.40. The Bertz CT molecular complexity index is 1450. The van der Waals surface area contributed by atoms with Crippen LogP contribution in [0.4, 0.5) is 0 Å². The highest BCUT2D eigenvalue weighted by molar-refractivity contribution is 5.86. The second-order valence-electron chi connectivity index (χ2n) is 14.4. The van der Waals surface area contributed by atoms with E-state index in [1.54, 1.807) is 6.92 Å². The molecule has 0 heterocycles. The highest BCUT2D eigenvalue weighted by Crippen LogP contribution is 2.16. The van der Waals surface area contributed by atoms with E-state index in [2.05, 4.69) is 33.2 Å². The van der Waals surface area contributed by atoms with Crippen LogP contribution in [-0.4, -0.2) is 117 Å². The third kappa shape index (κ3) is 25.0. The van der Waals surface area contributed by atoms with Crippen molar-refractivity contribution in [2.75, 3.05) is 13.1 Å². The Labute approximate surface area is 337 Å². The van der Waals surface area contributed by atoms with Gasteiger partial charge in [0.1, 0.15) is 29.7 Å². The molecular weight excluding hydrogens is 764 g/mol. The molecule has 0 rings (SSSR count). The van der Waals surface area contributed by atoms with Gasteiger partial charge in [0.15, 0.2) is 0 Å². The van der Waals surface area contributed by atoms with Gasteiger partial charge in [-0.15, -0.1) is 0 Å². The van der Waals surface area contributed by atoms with E-state index in [1.807, 2.05) is 6.92 Å². The Morgan fingerprint density at radius 3 is 1.62 bits per heavy atom. The molecule has 0 saturated carbocycles. The number of ketones is 2. The fourth-order valence-electron chi connectivity index (χ4n) is 5.55. The first kappa shape index (κ1) is 52.6. The number of carbonyl (C=O) groups excluding carboxylic acids is 6. The van der Waals surface area contributed by atoms with Crippen LogP contribution >= 0.6 is 0 Å². The molecular formula is C38H62N6O14. The third-order valence-electron chi connectivity index (χ3n) is 9.29. The van der Waals surface area contributed by atoms with Gasteiger partial charge in [0, 0.05) is 57.3 Å². The van der Waals surface area contributed by atoms with Crippen molar-refractivity contribution in [1.29, 1.82) is 0 Å². The Kier molecular flexibility index (Phi) is 26.2. The van der Waals surface area contributed by atoms with Crippen LogP contribution in [-0.2, 0) is 47.9 Å². The number of carboxylic acids is 4. The van der Waals surface area contributed by atoms with Crippen LogP contribution in [0.3, 0.4) is 0 Å². The molecule has 20 heteroatoms. The fourth-order valence-corrected chi connectivity index (χ4v) is 5.55. The molecule has 0 radical (unpaired) electrons. The number of aliphatic carboxylic acids is 4. The van der Waals surface area contributed by atoms with E-state index >= 15 is 0 Å². The van der Waals surface area contributed by atoms with Crippen LogP contribution < -0.4 is 32.3 Å². The van der Waals surface area contributed by atoms with Gasteiger partial charge >= 0.3 is 23.9 Å². The molecule has 0 bridgehead atoms. The Morgan fingerprint density at radius 2 is 1.07 bits per heavy atom. The van der Waals surface area contributed by atoms with E-state index in [1.165, 1.54) is 0 Å². The van der Waals surface area contributed by atoms with Crippen molar-refractivity contribution < 1.29 is 68.4 Å². The number of carbonyl (C=O) groups is 10. The molecule has 6 atom stereocenters. The van der Waals surface area contributed by atoms with Gasteiger partial charge in [-0.25, -0.2) is 14.4 Å². The summed E-state index contributed by atoms with van der Waals surface area (Å²) in [5, 5.41) is 50.4. The summed E-state index contributed by atoms with van der Waals surface area (Å²) in [7, 11) is 0. The SMILES string of the molecule is C=C(CC[C@H](NC(=O)CC[C@H](NC(C)=O)C(=O)O)C(=O)O)N[C@@H](CCC(=O)C[C@@H](CCC(=O)NCCCC[C@H](N)C(=O)NCCCC[C@H](C)C(C)=O)C(=O)O)C(=O)O. The van der Waals surface area contributed by atoms with Gasteiger partial charge in [0.2, 0.25) is 23.6 Å². The fraction of sp³-hybridized carbons (Fsp3) is 0.684. The zero-order valence-electron chi connectivity index (χ0n) is 33.6. The minimum atomic E-state index is -1.44. The summed E-state index contributed by atoms with van der Waals surface area (Å²) >= 11 is 0. The molecule has 58 heavy (non-hydrogen) atoms. The van der Waals surface area contributed by atoms with Crippen LogP contribution in [0.1, 0.15) is 117 Å². The summed E-state index contributed by atoms with van der Waals surface area (Å²) in [5.74, 6) is -9.17. The van der Waals surface area contributed by atoms with E-state index < -0.39 is 90.3 Å². The summed E-state index contributed by atoms with van der Waals surface area (Å²) in [6, 6.07) is -4.84. The molecule has 0 aromatic heterocycles. The number of nitrogens with two attached hydrogens (primary N) is 1. The Morgan fingerprint density at radius 1 is 0.569 bits per heavy atom. The number of allylic oxidation sites excluding steroid dienone is 1. The van der Waals surface area contributed by atoms with Crippen LogP contribution in [0.5, 0.6) is 0 Å². The maximum atomic E-state index is 12.7. The number of hydrogen-bond acceptors (Lipinski definition) is 12. The smallest absolute Gasteiger partial charge is 0.326 e. The molecule has 0 fully saturated rings. The standard InChI is InChI=1S/C38H62N6O14/c1-22(24(3)45)9-5-7-20-41-34(50)28(39)10-6-8-19-40-32(48)17-12-26(35(51)52)21-27(47)13-15-29(36(53)54)42-23(2)11-14-31(38(57)58)44-33(49)18-16-30(37(55)56)43-25(4)46/h22,26,28-31,42H,2,5-21,39H2,1,3-4H3,(H,40,48)(H,41,50)(H,43,46)(H,44,49)(H,51,52)(H,53,54)(H,55,56)(H,57,58)/t22-,26+,28-,29-,30-,31-/m0/s1. The number of nitrogens with one attached hydrogen (secondary N) is 5. The van der Waals surface area contributed by atoms with E-state index in [0.29, 0.717) is 25.8 Å². The van der Waals surface area contributed by atoms with Crippen molar-refractivity contribution >= 4 is 59.1 Å². The van der Waals surface area contributed by atoms with Crippen molar-refractivity contribution in [1.82, 2.24) is 26.6 Å². The van der Waals surface area contributed by atoms with E-state index in [-0.39, 0.29) is 74.8 Å². The van der Waals surface area contributed by atoms with Crippen LogP contribution in [0.2, 0.25) is 0 Å². The maximum absolute atomic E-state index is 12.7. The lowest BCUT2D eigenvalue weighted by Crippen LogP contribution is -2.43. The number of rotatable bonds is 34. The van der Waals surface area contributed by atoms with Crippen molar-refractivity contribution in [3.63, 3.8) is 0 Å². The van der Waals surface area contributed by atoms with Gasteiger partial charge in [0.25, 0.3) is 0 Å². The van der Waals surface area contributed by atoms with Crippen molar-refractivity contribution in [3.05, 3.63) is 12.3 Å². The second kappa shape index (κ2) is 28.9. The Balaban J connectivity index is 4.64. The largest absolute Gasteiger partial charge is 0.481 e. The number of Topliss-reactive ketones (excluding diaryl/α,β-unsaturated/α-hetero) is 2. The summed E-state index contributed by atoms with van der Waals surface area (Å²) < 4.78 is 0. The normalized spacial score (nSPS) is 13.9.